The summed E-state index contributed by atoms with van der Waals surface area (Å²) in [7, 11) is 4.05. The number of nitrogens with zero attached hydrogens (tertiary/aromatic N) is 2. The topological polar surface area (TPSA) is 27.0 Å². The van der Waals surface area contributed by atoms with Crippen LogP contribution in [0, 0.1) is 11.3 Å². The van der Waals surface area contributed by atoms with Gasteiger partial charge in [-0.2, -0.15) is 5.26 Å². The van der Waals surface area contributed by atoms with Gasteiger partial charge in [0.25, 0.3) is 0 Å². The molecule has 1 unspecified atom stereocenters. The van der Waals surface area contributed by atoms with E-state index >= 15 is 0 Å². The first kappa shape index (κ1) is 14.7. The van der Waals surface area contributed by atoms with Crippen molar-refractivity contribution in [2.24, 2.45) is 0 Å². The molecule has 0 aliphatic heterocycles. The first-order valence-electron chi connectivity index (χ1n) is 5.83. The molecule has 0 aliphatic rings. The highest BCUT2D eigenvalue weighted by molar-refractivity contribution is 5.24. The summed E-state index contributed by atoms with van der Waals surface area (Å²) in [6, 6.07) is 12.3. The van der Waals surface area contributed by atoms with Crippen LogP contribution in [0.3, 0.4) is 0 Å². The lowest BCUT2D eigenvalue weighted by Gasteiger charge is -2.13. The van der Waals surface area contributed by atoms with Crippen molar-refractivity contribution in [3.05, 3.63) is 35.9 Å². The van der Waals surface area contributed by atoms with E-state index in [0.29, 0.717) is 0 Å². The second-order valence-electron chi connectivity index (χ2n) is 3.68. The molecule has 2 nitrogen and oxygen atoms in total. The maximum absolute atomic E-state index is 9.02. The average Bonchev–Trinajstić information content (AvgIpc) is 2.33. The van der Waals surface area contributed by atoms with Gasteiger partial charge in [-0.05, 0) is 32.6 Å². The van der Waals surface area contributed by atoms with Gasteiger partial charge in [0.05, 0.1) is 12.0 Å². The molecule has 0 aromatic heterocycles. The van der Waals surface area contributed by atoms with Gasteiger partial charge in [-0.3, -0.25) is 0 Å². The lowest BCUT2D eigenvalue weighted by atomic mass is 9.97. The third-order valence-corrected chi connectivity index (χ3v) is 2.22. The number of rotatable bonds is 4. The molecule has 1 atom stereocenters. The van der Waals surface area contributed by atoms with Crippen LogP contribution in [0.2, 0.25) is 0 Å². The molecule has 0 N–H and O–H groups in total. The van der Waals surface area contributed by atoms with Crippen molar-refractivity contribution in [3.63, 3.8) is 0 Å². The monoisotopic (exact) mass is 218 g/mol. The van der Waals surface area contributed by atoms with Crippen molar-refractivity contribution < 1.29 is 0 Å². The van der Waals surface area contributed by atoms with Crippen LogP contribution >= 0.6 is 0 Å². The van der Waals surface area contributed by atoms with Crippen molar-refractivity contribution in [1.29, 1.82) is 5.26 Å². The summed E-state index contributed by atoms with van der Waals surface area (Å²) >= 11 is 0. The maximum Gasteiger partial charge on any atom is 0.0724 e. The highest BCUT2D eigenvalue weighted by Gasteiger charge is 2.09. The molecule has 0 saturated carbocycles. The van der Waals surface area contributed by atoms with Crippen molar-refractivity contribution in [1.82, 2.24) is 4.90 Å². The molecule has 16 heavy (non-hydrogen) atoms. The van der Waals surface area contributed by atoms with Crippen LogP contribution in [-0.2, 0) is 0 Å². The summed E-state index contributed by atoms with van der Waals surface area (Å²) in [5, 5.41) is 9.02. The maximum atomic E-state index is 9.02. The SMILES string of the molecule is CC.CN(C)CCC(C#N)c1ccccc1. The molecule has 0 saturated heterocycles. The van der Waals surface area contributed by atoms with Gasteiger partial charge < -0.3 is 4.90 Å². The lowest BCUT2D eigenvalue weighted by molar-refractivity contribution is 0.393. The van der Waals surface area contributed by atoms with Gasteiger partial charge in [0.2, 0.25) is 0 Å². The third-order valence-electron chi connectivity index (χ3n) is 2.22. The summed E-state index contributed by atoms with van der Waals surface area (Å²) in [5.41, 5.74) is 1.12. The Morgan fingerprint density at radius 2 is 1.75 bits per heavy atom. The van der Waals surface area contributed by atoms with E-state index in [9.17, 15) is 0 Å². The minimum atomic E-state index is 0.0265. The van der Waals surface area contributed by atoms with Gasteiger partial charge in [0.15, 0.2) is 0 Å². The molecule has 2 heteroatoms. The first-order chi connectivity index (χ1) is 7.74. The van der Waals surface area contributed by atoms with Crippen LogP contribution in [0.25, 0.3) is 0 Å². The molecule has 0 fully saturated rings. The number of nitriles is 1. The summed E-state index contributed by atoms with van der Waals surface area (Å²) in [4.78, 5) is 2.10. The van der Waals surface area contributed by atoms with Crippen LogP contribution in [0.15, 0.2) is 30.3 Å². The molecule has 1 aromatic rings. The zero-order chi connectivity index (χ0) is 12.4. The molecule has 88 valence electrons. The molecule has 1 aromatic carbocycles. The Balaban J connectivity index is 0.00000106. The number of hydrogen-bond acceptors (Lipinski definition) is 2. The molecule has 0 spiro atoms. The first-order valence-corrected chi connectivity index (χ1v) is 5.83. The van der Waals surface area contributed by atoms with Crippen molar-refractivity contribution in [3.8, 4) is 6.07 Å². The highest BCUT2D eigenvalue weighted by Crippen LogP contribution is 2.18. The van der Waals surface area contributed by atoms with Crippen LogP contribution in [0.5, 0.6) is 0 Å². The van der Waals surface area contributed by atoms with E-state index in [1.807, 2.05) is 58.3 Å². The summed E-state index contributed by atoms with van der Waals surface area (Å²) < 4.78 is 0. The van der Waals surface area contributed by atoms with E-state index in [1.54, 1.807) is 0 Å². The Bertz CT molecular complexity index is 298. The summed E-state index contributed by atoms with van der Waals surface area (Å²) in [6.45, 7) is 4.95. The quantitative estimate of drug-likeness (QED) is 0.775. The minimum Gasteiger partial charge on any atom is -0.309 e. The van der Waals surface area contributed by atoms with Gasteiger partial charge in [0.1, 0.15) is 0 Å². The zero-order valence-electron chi connectivity index (χ0n) is 10.8. The van der Waals surface area contributed by atoms with Crippen molar-refractivity contribution in [2.75, 3.05) is 20.6 Å². The average molecular weight is 218 g/mol. The fourth-order valence-electron chi connectivity index (χ4n) is 1.38. The van der Waals surface area contributed by atoms with Crippen molar-refractivity contribution in [2.45, 2.75) is 26.2 Å². The third kappa shape index (κ3) is 5.53. The fraction of sp³-hybridized carbons (Fsp3) is 0.500. The van der Waals surface area contributed by atoms with E-state index in [-0.39, 0.29) is 5.92 Å². The van der Waals surface area contributed by atoms with Crippen LogP contribution in [0.1, 0.15) is 31.7 Å². The molecule has 0 aliphatic carbocycles. The molecule has 0 amide bonds. The second kappa shape index (κ2) is 8.94. The Kier molecular flexibility index (Phi) is 8.19. The fourth-order valence-corrected chi connectivity index (χ4v) is 1.38. The number of hydrogen-bond donors (Lipinski definition) is 0. The lowest BCUT2D eigenvalue weighted by Crippen LogP contribution is -2.15. The predicted molar refractivity (Wildman–Crippen MR) is 69.3 cm³/mol. The Labute approximate surface area is 99.5 Å². The van der Waals surface area contributed by atoms with Crippen LogP contribution in [-0.4, -0.2) is 25.5 Å². The van der Waals surface area contributed by atoms with Gasteiger partial charge in [-0.15, -0.1) is 0 Å². The largest absolute Gasteiger partial charge is 0.309 e. The smallest absolute Gasteiger partial charge is 0.0724 e. The van der Waals surface area contributed by atoms with E-state index in [2.05, 4.69) is 11.0 Å². The molecule has 0 bridgehead atoms. The van der Waals surface area contributed by atoms with Gasteiger partial charge in [0, 0.05) is 0 Å². The highest BCUT2D eigenvalue weighted by atomic mass is 15.0. The van der Waals surface area contributed by atoms with E-state index < -0.39 is 0 Å². The molecule has 0 radical (unpaired) electrons. The van der Waals surface area contributed by atoms with E-state index in [0.717, 1.165) is 18.5 Å². The molecule has 1 rings (SSSR count). The van der Waals surface area contributed by atoms with Crippen molar-refractivity contribution >= 4 is 0 Å². The Morgan fingerprint density at radius 1 is 1.19 bits per heavy atom. The Hall–Kier alpha value is -1.33. The second-order valence-corrected chi connectivity index (χ2v) is 3.68. The molecular formula is C14H22N2. The van der Waals surface area contributed by atoms with Gasteiger partial charge in [-0.25, -0.2) is 0 Å². The molecular weight excluding hydrogens is 196 g/mol. The van der Waals surface area contributed by atoms with Crippen LogP contribution in [0.4, 0.5) is 0 Å². The molecule has 0 heterocycles. The van der Waals surface area contributed by atoms with Gasteiger partial charge in [-0.1, -0.05) is 44.2 Å². The Morgan fingerprint density at radius 3 is 2.19 bits per heavy atom. The standard InChI is InChI=1S/C12H16N2.C2H6/c1-14(2)9-8-12(10-13)11-6-4-3-5-7-11;1-2/h3-7,12H,8-9H2,1-2H3;1-2H3. The zero-order valence-corrected chi connectivity index (χ0v) is 10.8. The summed E-state index contributed by atoms with van der Waals surface area (Å²) in [5.74, 6) is 0.0265. The van der Waals surface area contributed by atoms with Gasteiger partial charge >= 0.3 is 0 Å². The summed E-state index contributed by atoms with van der Waals surface area (Å²) in [6.07, 6.45) is 0.896. The normalized spacial score (nSPS) is 11.2. The predicted octanol–water partition coefficient (Wildman–Crippen LogP) is 3.27. The van der Waals surface area contributed by atoms with E-state index in [4.69, 9.17) is 5.26 Å². The van der Waals surface area contributed by atoms with E-state index in [1.165, 1.54) is 0 Å². The van der Waals surface area contributed by atoms with Crippen LogP contribution < -0.4 is 0 Å². The minimum absolute atomic E-state index is 0.0265. The number of benzene rings is 1.